The predicted octanol–water partition coefficient (Wildman–Crippen LogP) is 3.72. The Morgan fingerprint density at radius 3 is 2.67 bits per heavy atom. The molecule has 0 N–H and O–H groups in total. The standard InChI is InChI=1S/C20H19N3O7/c1-4-28-17-10-15(23(25)26)14(9-16(17)27-3)20(24)29-11-18-21-22-19(30-18)13-7-5-6-12(2)8-13/h5-10H,4,11H2,1-3H3. The van der Waals surface area contributed by atoms with Gasteiger partial charge in [-0.15, -0.1) is 10.2 Å². The number of ether oxygens (including phenoxy) is 3. The molecule has 0 atom stereocenters. The SMILES string of the molecule is CCOc1cc([N+](=O)[O-])c(C(=O)OCc2nnc(-c3cccc(C)c3)o2)cc1OC. The van der Waals surface area contributed by atoms with Crippen LogP contribution in [-0.2, 0) is 11.3 Å². The van der Waals surface area contributed by atoms with Crippen molar-refractivity contribution in [3.8, 4) is 23.0 Å². The van der Waals surface area contributed by atoms with Gasteiger partial charge in [-0.1, -0.05) is 17.7 Å². The second-order valence-electron chi connectivity index (χ2n) is 6.16. The van der Waals surface area contributed by atoms with E-state index in [1.165, 1.54) is 13.2 Å². The van der Waals surface area contributed by atoms with Gasteiger partial charge in [0.15, 0.2) is 18.1 Å². The quantitative estimate of drug-likeness (QED) is 0.308. The van der Waals surface area contributed by atoms with Crippen molar-refractivity contribution < 1.29 is 28.3 Å². The van der Waals surface area contributed by atoms with Gasteiger partial charge in [0.05, 0.1) is 24.7 Å². The number of aryl methyl sites for hydroxylation is 1. The number of carbonyl (C=O) groups is 1. The number of hydrogen-bond acceptors (Lipinski definition) is 9. The van der Waals surface area contributed by atoms with Crippen molar-refractivity contribution in [1.82, 2.24) is 10.2 Å². The molecule has 0 radical (unpaired) electrons. The molecule has 0 amide bonds. The Morgan fingerprint density at radius 2 is 2.00 bits per heavy atom. The van der Waals surface area contributed by atoms with Crippen LogP contribution >= 0.6 is 0 Å². The van der Waals surface area contributed by atoms with Crippen molar-refractivity contribution in [1.29, 1.82) is 0 Å². The molecule has 0 saturated carbocycles. The van der Waals surface area contributed by atoms with Crippen molar-refractivity contribution in [2.45, 2.75) is 20.5 Å². The summed E-state index contributed by atoms with van der Waals surface area (Å²) in [6.07, 6.45) is 0. The minimum Gasteiger partial charge on any atom is -0.493 e. The molecule has 0 unspecified atom stereocenters. The fourth-order valence-corrected chi connectivity index (χ4v) is 2.70. The fourth-order valence-electron chi connectivity index (χ4n) is 2.70. The summed E-state index contributed by atoms with van der Waals surface area (Å²) in [4.78, 5) is 23.2. The molecule has 1 aromatic heterocycles. The van der Waals surface area contributed by atoms with E-state index in [1.807, 2.05) is 31.2 Å². The van der Waals surface area contributed by atoms with Gasteiger partial charge < -0.3 is 18.6 Å². The average Bonchev–Trinajstić information content (AvgIpc) is 3.21. The first kappa shape index (κ1) is 20.8. The number of methoxy groups -OCH3 is 1. The Hall–Kier alpha value is -3.95. The molecule has 3 aromatic rings. The maximum absolute atomic E-state index is 12.5. The Morgan fingerprint density at radius 1 is 1.20 bits per heavy atom. The molecule has 30 heavy (non-hydrogen) atoms. The average molecular weight is 413 g/mol. The number of carbonyl (C=O) groups excluding carboxylic acids is 1. The van der Waals surface area contributed by atoms with E-state index in [9.17, 15) is 14.9 Å². The van der Waals surface area contributed by atoms with Crippen molar-refractivity contribution in [3.05, 3.63) is 63.5 Å². The van der Waals surface area contributed by atoms with Gasteiger partial charge in [0.2, 0.25) is 5.89 Å². The normalized spacial score (nSPS) is 10.5. The largest absolute Gasteiger partial charge is 0.493 e. The van der Waals surface area contributed by atoms with Gasteiger partial charge in [-0.2, -0.15) is 0 Å². The highest BCUT2D eigenvalue weighted by atomic mass is 16.6. The molecule has 10 nitrogen and oxygen atoms in total. The summed E-state index contributed by atoms with van der Waals surface area (Å²) in [5.41, 5.74) is 1.01. The topological polar surface area (TPSA) is 127 Å². The predicted molar refractivity (Wildman–Crippen MR) is 104 cm³/mol. The lowest BCUT2D eigenvalue weighted by Crippen LogP contribution is -2.10. The van der Waals surface area contributed by atoms with E-state index in [0.717, 1.165) is 17.2 Å². The van der Waals surface area contributed by atoms with Gasteiger partial charge in [-0.3, -0.25) is 10.1 Å². The summed E-state index contributed by atoms with van der Waals surface area (Å²) < 4.78 is 21.1. The number of rotatable bonds is 8. The van der Waals surface area contributed by atoms with E-state index >= 15 is 0 Å². The number of aromatic nitrogens is 2. The minimum atomic E-state index is -0.932. The lowest BCUT2D eigenvalue weighted by Gasteiger charge is -2.11. The van der Waals surface area contributed by atoms with E-state index in [-0.39, 0.29) is 42.1 Å². The third-order valence-electron chi connectivity index (χ3n) is 4.06. The van der Waals surface area contributed by atoms with E-state index < -0.39 is 16.6 Å². The number of nitro groups is 1. The number of nitrogens with zero attached hydrogens (tertiary/aromatic N) is 3. The third-order valence-corrected chi connectivity index (χ3v) is 4.06. The van der Waals surface area contributed by atoms with Crippen molar-refractivity contribution >= 4 is 11.7 Å². The maximum Gasteiger partial charge on any atom is 0.345 e. The molecule has 0 spiro atoms. The Balaban J connectivity index is 1.78. The van der Waals surface area contributed by atoms with Crippen LogP contribution in [-0.4, -0.2) is 34.8 Å². The van der Waals surface area contributed by atoms with Gasteiger partial charge in [0.1, 0.15) is 5.56 Å². The summed E-state index contributed by atoms with van der Waals surface area (Å²) in [5, 5.41) is 19.2. The summed E-state index contributed by atoms with van der Waals surface area (Å²) in [6, 6.07) is 9.80. The van der Waals surface area contributed by atoms with Gasteiger partial charge in [0, 0.05) is 11.6 Å². The molecule has 0 saturated heterocycles. The Kier molecular flexibility index (Phi) is 6.26. The molecular formula is C20H19N3O7. The van der Waals surface area contributed by atoms with E-state index in [2.05, 4.69) is 10.2 Å². The monoisotopic (exact) mass is 413 g/mol. The maximum atomic E-state index is 12.5. The molecule has 2 aromatic carbocycles. The second kappa shape index (κ2) is 9.03. The first-order chi connectivity index (χ1) is 14.4. The van der Waals surface area contributed by atoms with E-state index in [0.29, 0.717) is 0 Å². The Bertz CT molecular complexity index is 1080. The smallest absolute Gasteiger partial charge is 0.345 e. The lowest BCUT2D eigenvalue weighted by molar-refractivity contribution is -0.385. The van der Waals surface area contributed by atoms with Gasteiger partial charge in [-0.25, -0.2) is 4.79 Å². The minimum absolute atomic E-state index is 0.0559. The van der Waals surface area contributed by atoms with Crippen molar-refractivity contribution in [2.24, 2.45) is 0 Å². The highest BCUT2D eigenvalue weighted by Gasteiger charge is 2.26. The van der Waals surface area contributed by atoms with Crippen LogP contribution in [0.2, 0.25) is 0 Å². The molecule has 156 valence electrons. The number of esters is 1. The van der Waals surface area contributed by atoms with Crippen LogP contribution in [0.25, 0.3) is 11.5 Å². The molecular weight excluding hydrogens is 394 g/mol. The van der Waals surface area contributed by atoms with Crippen molar-refractivity contribution in [3.63, 3.8) is 0 Å². The molecule has 1 heterocycles. The zero-order valence-electron chi connectivity index (χ0n) is 16.6. The molecule has 0 aliphatic carbocycles. The van der Waals surface area contributed by atoms with Gasteiger partial charge in [-0.05, 0) is 26.0 Å². The molecule has 0 fully saturated rings. The first-order valence-corrected chi connectivity index (χ1v) is 8.98. The summed E-state index contributed by atoms with van der Waals surface area (Å²) in [7, 11) is 1.37. The molecule has 0 bridgehead atoms. The van der Waals surface area contributed by atoms with Crippen LogP contribution in [0.3, 0.4) is 0 Å². The van der Waals surface area contributed by atoms with E-state index in [1.54, 1.807) is 6.92 Å². The number of benzene rings is 2. The van der Waals surface area contributed by atoms with Crippen LogP contribution in [0.15, 0.2) is 40.8 Å². The van der Waals surface area contributed by atoms with E-state index in [4.69, 9.17) is 18.6 Å². The van der Waals surface area contributed by atoms with Gasteiger partial charge in [0.25, 0.3) is 11.6 Å². The van der Waals surface area contributed by atoms with Crippen LogP contribution in [0.4, 0.5) is 5.69 Å². The molecule has 0 aliphatic heterocycles. The summed E-state index contributed by atoms with van der Waals surface area (Å²) in [5.74, 6) is -0.269. The summed E-state index contributed by atoms with van der Waals surface area (Å²) >= 11 is 0. The Labute approximate surface area is 171 Å². The number of nitro benzene ring substituents is 1. The molecule has 0 aliphatic rings. The fraction of sp³-hybridized carbons (Fsp3) is 0.250. The highest BCUT2D eigenvalue weighted by molar-refractivity contribution is 5.95. The zero-order valence-corrected chi connectivity index (χ0v) is 16.6. The van der Waals surface area contributed by atoms with Crippen LogP contribution < -0.4 is 9.47 Å². The first-order valence-electron chi connectivity index (χ1n) is 8.98. The van der Waals surface area contributed by atoms with Crippen LogP contribution in [0.1, 0.15) is 28.7 Å². The van der Waals surface area contributed by atoms with Gasteiger partial charge >= 0.3 is 5.97 Å². The zero-order chi connectivity index (χ0) is 21.7. The number of hydrogen-bond donors (Lipinski definition) is 0. The highest BCUT2D eigenvalue weighted by Crippen LogP contribution is 2.35. The van der Waals surface area contributed by atoms with Crippen LogP contribution in [0.5, 0.6) is 11.5 Å². The lowest BCUT2D eigenvalue weighted by atomic mass is 10.1. The summed E-state index contributed by atoms with van der Waals surface area (Å²) in [6.45, 7) is 3.59. The van der Waals surface area contributed by atoms with Crippen LogP contribution in [0, 0.1) is 17.0 Å². The van der Waals surface area contributed by atoms with Crippen molar-refractivity contribution in [2.75, 3.05) is 13.7 Å². The third kappa shape index (κ3) is 4.54. The molecule has 10 heteroatoms. The molecule has 3 rings (SSSR count). The second-order valence-corrected chi connectivity index (χ2v) is 6.16.